The summed E-state index contributed by atoms with van der Waals surface area (Å²) in [6.45, 7) is 1.20. The highest BCUT2D eigenvalue weighted by Gasteiger charge is 2.05. The van der Waals surface area contributed by atoms with Gasteiger partial charge in [-0.1, -0.05) is 17.9 Å². The maximum Gasteiger partial charge on any atom is 0.341 e. The van der Waals surface area contributed by atoms with Crippen LogP contribution in [-0.2, 0) is 4.79 Å². The number of ether oxygens (including phenoxy) is 1. The van der Waals surface area contributed by atoms with Crippen molar-refractivity contribution < 1.29 is 19.7 Å². The van der Waals surface area contributed by atoms with E-state index in [0.717, 1.165) is 11.1 Å². The first-order valence-corrected chi connectivity index (χ1v) is 4.69. The Kier molecular flexibility index (Phi) is 4.37. The topological polar surface area (TPSA) is 66.8 Å². The highest BCUT2D eigenvalue weighted by molar-refractivity contribution is 5.68. The van der Waals surface area contributed by atoms with Gasteiger partial charge in [0, 0.05) is 11.1 Å². The molecule has 1 aromatic carbocycles. The molecule has 0 radical (unpaired) electrons. The maximum atomic E-state index is 10.4. The summed E-state index contributed by atoms with van der Waals surface area (Å²) in [5.41, 5.74) is 1.49. The van der Waals surface area contributed by atoms with E-state index in [0.29, 0.717) is 5.75 Å². The summed E-state index contributed by atoms with van der Waals surface area (Å²) in [5, 5.41) is 17.1. The number of carboxylic acid groups (broad SMARTS) is 1. The number of carboxylic acids is 1. The smallest absolute Gasteiger partial charge is 0.341 e. The van der Waals surface area contributed by atoms with Crippen molar-refractivity contribution in [3.8, 4) is 17.6 Å². The highest BCUT2D eigenvalue weighted by Crippen LogP contribution is 2.20. The molecule has 0 unspecified atom stereocenters. The molecule has 0 fully saturated rings. The predicted molar refractivity (Wildman–Crippen MR) is 58.3 cm³/mol. The molecule has 16 heavy (non-hydrogen) atoms. The summed E-state index contributed by atoms with van der Waals surface area (Å²) >= 11 is 0. The van der Waals surface area contributed by atoms with Crippen molar-refractivity contribution in [2.24, 2.45) is 0 Å². The van der Waals surface area contributed by atoms with Crippen LogP contribution in [0.15, 0.2) is 18.2 Å². The highest BCUT2D eigenvalue weighted by atomic mass is 16.5. The van der Waals surface area contributed by atoms with E-state index in [-0.39, 0.29) is 13.2 Å². The van der Waals surface area contributed by atoms with E-state index in [1.807, 2.05) is 0 Å². The maximum absolute atomic E-state index is 10.4. The Hall–Kier alpha value is -1.99. The monoisotopic (exact) mass is 220 g/mol. The number of hydrogen-bond acceptors (Lipinski definition) is 3. The average Bonchev–Trinajstić information content (AvgIpc) is 2.26. The largest absolute Gasteiger partial charge is 0.482 e. The Morgan fingerprint density at radius 2 is 2.25 bits per heavy atom. The minimum Gasteiger partial charge on any atom is -0.482 e. The lowest BCUT2D eigenvalue weighted by Gasteiger charge is -2.07. The molecule has 0 aliphatic carbocycles. The molecule has 0 spiro atoms. The first-order chi connectivity index (χ1) is 7.65. The third kappa shape index (κ3) is 3.30. The van der Waals surface area contributed by atoms with Gasteiger partial charge in [-0.15, -0.1) is 0 Å². The summed E-state index contributed by atoms with van der Waals surface area (Å²) < 4.78 is 5.09. The molecule has 4 nitrogen and oxygen atoms in total. The van der Waals surface area contributed by atoms with Crippen LogP contribution >= 0.6 is 0 Å². The van der Waals surface area contributed by atoms with Crippen LogP contribution in [0.3, 0.4) is 0 Å². The fraction of sp³-hybridized carbons (Fsp3) is 0.250. The predicted octanol–water partition coefficient (Wildman–Crippen LogP) is 0.802. The lowest BCUT2D eigenvalue weighted by molar-refractivity contribution is -0.139. The molecule has 0 aliphatic heterocycles. The number of aliphatic hydroxyl groups is 1. The summed E-state index contributed by atoms with van der Waals surface area (Å²) in [5.74, 6) is 4.77. The van der Waals surface area contributed by atoms with Gasteiger partial charge in [-0.05, 0) is 19.1 Å². The van der Waals surface area contributed by atoms with Crippen LogP contribution in [-0.4, -0.2) is 29.4 Å². The number of rotatable bonds is 3. The summed E-state index contributed by atoms with van der Waals surface area (Å²) in [6, 6.07) is 5.19. The lowest BCUT2D eigenvalue weighted by Crippen LogP contribution is -2.10. The number of carbonyl (C=O) groups is 1. The van der Waals surface area contributed by atoms with E-state index in [4.69, 9.17) is 14.9 Å². The van der Waals surface area contributed by atoms with Crippen molar-refractivity contribution in [1.29, 1.82) is 0 Å². The van der Waals surface area contributed by atoms with Gasteiger partial charge in [0.25, 0.3) is 0 Å². The van der Waals surface area contributed by atoms with Gasteiger partial charge in [0.05, 0.1) is 0 Å². The first kappa shape index (κ1) is 12.1. The third-order valence-electron chi connectivity index (χ3n) is 1.94. The van der Waals surface area contributed by atoms with E-state index in [9.17, 15) is 4.79 Å². The number of benzene rings is 1. The van der Waals surface area contributed by atoms with Gasteiger partial charge < -0.3 is 14.9 Å². The molecule has 0 amide bonds. The molecule has 2 N–H and O–H groups in total. The Morgan fingerprint density at radius 3 is 2.88 bits per heavy atom. The summed E-state index contributed by atoms with van der Waals surface area (Å²) in [7, 11) is 0. The molecule has 0 aliphatic rings. The van der Waals surface area contributed by atoms with E-state index in [2.05, 4.69) is 11.8 Å². The number of hydrogen-bond donors (Lipinski definition) is 2. The number of aliphatic carboxylic acids is 1. The van der Waals surface area contributed by atoms with E-state index < -0.39 is 5.97 Å². The minimum absolute atomic E-state index is 0.209. The van der Waals surface area contributed by atoms with Crippen molar-refractivity contribution >= 4 is 5.97 Å². The molecule has 4 heteroatoms. The van der Waals surface area contributed by atoms with Gasteiger partial charge in [0.1, 0.15) is 12.4 Å². The van der Waals surface area contributed by atoms with Crippen LogP contribution in [0.1, 0.15) is 11.1 Å². The molecule has 84 valence electrons. The normalized spacial score (nSPS) is 9.12. The minimum atomic E-state index is -1.02. The van der Waals surface area contributed by atoms with Crippen molar-refractivity contribution in [3.63, 3.8) is 0 Å². The molecule has 0 bridgehead atoms. The quantitative estimate of drug-likeness (QED) is 0.739. The van der Waals surface area contributed by atoms with Gasteiger partial charge in [-0.25, -0.2) is 4.79 Å². The van der Waals surface area contributed by atoms with Crippen molar-refractivity contribution in [2.75, 3.05) is 13.2 Å². The third-order valence-corrected chi connectivity index (χ3v) is 1.94. The van der Waals surface area contributed by atoms with Gasteiger partial charge in [0.2, 0.25) is 0 Å². The second kappa shape index (κ2) is 5.79. The molecule has 0 heterocycles. The van der Waals surface area contributed by atoms with Crippen LogP contribution < -0.4 is 4.74 Å². The van der Waals surface area contributed by atoms with Gasteiger partial charge in [-0.2, -0.15) is 0 Å². The van der Waals surface area contributed by atoms with E-state index in [1.54, 1.807) is 25.1 Å². The first-order valence-electron chi connectivity index (χ1n) is 4.69. The molecular weight excluding hydrogens is 208 g/mol. The second-order valence-corrected chi connectivity index (χ2v) is 3.07. The fourth-order valence-corrected chi connectivity index (χ4v) is 1.18. The Bertz CT molecular complexity index is 440. The van der Waals surface area contributed by atoms with Crippen LogP contribution in [0.25, 0.3) is 0 Å². The Labute approximate surface area is 93.5 Å². The van der Waals surface area contributed by atoms with E-state index in [1.165, 1.54) is 0 Å². The van der Waals surface area contributed by atoms with Crippen molar-refractivity contribution in [1.82, 2.24) is 0 Å². The zero-order valence-corrected chi connectivity index (χ0v) is 8.86. The molecule has 0 atom stereocenters. The van der Waals surface area contributed by atoms with Gasteiger partial charge in [0.15, 0.2) is 6.61 Å². The molecular formula is C12H12O4. The van der Waals surface area contributed by atoms with Crippen LogP contribution in [0, 0.1) is 18.8 Å². The van der Waals surface area contributed by atoms with Gasteiger partial charge in [-0.3, -0.25) is 0 Å². The fourth-order valence-electron chi connectivity index (χ4n) is 1.18. The van der Waals surface area contributed by atoms with Gasteiger partial charge >= 0.3 is 5.97 Å². The standard InChI is InChI=1S/C12H12O4/c1-9-10(5-3-7-13)4-2-6-11(9)16-8-12(14)15/h2,4,6,13H,7-8H2,1H3,(H,14,15). The van der Waals surface area contributed by atoms with Crippen molar-refractivity contribution in [3.05, 3.63) is 29.3 Å². The molecule has 1 rings (SSSR count). The average molecular weight is 220 g/mol. The SMILES string of the molecule is Cc1c(C#CCO)cccc1OCC(=O)O. The second-order valence-electron chi connectivity index (χ2n) is 3.07. The Balaban J connectivity index is 2.90. The summed E-state index contributed by atoms with van der Waals surface area (Å²) in [6.07, 6.45) is 0. The van der Waals surface area contributed by atoms with Crippen LogP contribution in [0.5, 0.6) is 5.75 Å². The zero-order valence-electron chi connectivity index (χ0n) is 8.86. The Morgan fingerprint density at radius 1 is 1.50 bits per heavy atom. The zero-order chi connectivity index (χ0) is 12.0. The molecule has 0 aromatic heterocycles. The molecule has 0 saturated heterocycles. The van der Waals surface area contributed by atoms with E-state index >= 15 is 0 Å². The van der Waals surface area contributed by atoms with Crippen LogP contribution in [0.2, 0.25) is 0 Å². The lowest BCUT2D eigenvalue weighted by atomic mass is 10.1. The number of aliphatic hydroxyl groups excluding tert-OH is 1. The molecule has 0 saturated carbocycles. The van der Waals surface area contributed by atoms with Crippen LogP contribution in [0.4, 0.5) is 0 Å². The molecule has 1 aromatic rings. The summed E-state index contributed by atoms with van der Waals surface area (Å²) in [4.78, 5) is 10.4. The van der Waals surface area contributed by atoms with Crippen molar-refractivity contribution in [2.45, 2.75) is 6.92 Å².